The third-order valence-electron chi connectivity index (χ3n) is 5.73. The monoisotopic (exact) mass is 528 g/mol. The van der Waals surface area contributed by atoms with Crippen LogP contribution < -0.4 is 26.8 Å². The van der Waals surface area contributed by atoms with E-state index < -0.39 is 29.2 Å². The second kappa shape index (κ2) is 12.7. The van der Waals surface area contributed by atoms with Crippen LogP contribution in [0, 0.1) is 11.6 Å². The molecule has 2 aromatic rings. The van der Waals surface area contributed by atoms with Crippen LogP contribution >= 0.6 is 0 Å². The molecule has 0 saturated carbocycles. The molecule has 0 atom stereocenters. The number of ether oxygens (including phenoxy) is 1. The van der Waals surface area contributed by atoms with Gasteiger partial charge in [-0.25, -0.2) is 13.8 Å². The minimum Gasteiger partial charge on any atom is -0.434 e. The zero-order chi connectivity index (χ0) is 27.8. The number of halogens is 2. The molecule has 0 unspecified atom stereocenters. The summed E-state index contributed by atoms with van der Waals surface area (Å²) in [5.41, 5.74) is 11.3. The number of aryl methyl sites for hydroxylation is 1. The molecular formula is C25H30F2N8O3. The highest BCUT2D eigenvalue weighted by Crippen LogP contribution is 2.31. The predicted octanol–water partition coefficient (Wildman–Crippen LogP) is 2.71. The molecular weight excluding hydrogens is 498 g/mol. The van der Waals surface area contributed by atoms with E-state index in [0.29, 0.717) is 11.8 Å². The fraction of sp³-hybridized carbons (Fsp3) is 0.320. The Morgan fingerprint density at radius 3 is 2.55 bits per heavy atom. The van der Waals surface area contributed by atoms with Crippen LogP contribution in [0.2, 0.25) is 0 Å². The minimum atomic E-state index is -1.05. The van der Waals surface area contributed by atoms with Gasteiger partial charge in [0.1, 0.15) is 11.5 Å². The summed E-state index contributed by atoms with van der Waals surface area (Å²) in [5, 5.41) is 5.10. The summed E-state index contributed by atoms with van der Waals surface area (Å²) in [7, 11) is 2.05. The number of aromatic nitrogens is 2. The highest BCUT2D eigenvalue weighted by atomic mass is 19.1. The SMILES string of the molecule is C=CC(=O)Nc1cc(Oc2nc(NC(C=NC3CCN(C)CC3)=CN)c(C(N)=O)nc2CC)c(F)cc1F. The standard InChI is InChI=1S/C25H30F2N8O3/c1-4-18-25(38-20-11-19(32-21(36)5-2)16(26)10-17(20)27)34-24(22(33-18)23(29)37)31-15(12-28)13-30-14-6-8-35(3)9-7-14/h5,10-14H,2,4,6-9,28H2,1,3H3,(H2,29,37)(H,31,34)(H,32,36). The van der Waals surface area contributed by atoms with Gasteiger partial charge in [0.15, 0.2) is 23.1 Å². The van der Waals surface area contributed by atoms with Crippen molar-refractivity contribution < 1.29 is 23.1 Å². The number of allylic oxidation sites excluding steroid dienone is 1. The summed E-state index contributed by atoms with van der Waals surface area (Å²) >= 11 is 0. The van der Waals surface area contributed by atoms with E-state index in [4.69, 9.17) is 16.2 Å². The van der Waals surface area contributed by atoms with Gasteiger partial charge in [-0.1, -0.05) is 13.5 Å². The lowest BCUT2D eigenvalue weighted by Crippen LogP contribution is -2.32. The Morgan fingerprint density at radius 2 is 1.95 bits per heavy atom. The number of carbonyl (C=O) groups excluding carboxylic acids is 2. The maximum absolute atomic E-state index is 14.6. The van der Waals surface area contributed by atoms with Crippen LogP contribution in [-0.2, 0) is 11.2 Å². The number of anilines is 2. The van der Waals surface area contributed by atoms with Crippen molar-refractivity contribution in [2.24, 2.45) is 16.5 Å². The van der Waals surface area contributed by atoms with E-state index in [-0.39, 0.29) is 41.2 Å². The number of hydrogen-bond donors (Lipinski definition) is 4. The predicted molar refractivity (Wildman–Crippen MR) is 140 cm³/mol. The lowest BCUT2D eigenvalue weighted by atomic mass is 10.1. The van der Waals surface area contributed by atoms with E-state index in [1.54, 1.807) is 6.92 Å². The number of benzene rings is 1. The quantitative estimate of drug-likeness (QED) is 0.270. The van der Waals surface area contributed by atoms with Crippen molar-refractivity contribution in [1.82, 2.24) is 14.9 Å². The van der Waals surface area contributed by atoms with Crippen LogP contribution in [0.25, 0.3) is 0 Å². The van der Waals surface area contributed by atoms with Crippen molar-refractivity contribution in [3.63, 3.8) is 0 Å². The van der Waals surface area contributed by atoms with Crippen molar-refractivity contribution in [3.05, 3.63) is 59.7 Å². The van der Waals surface area contributed by atoms with Gasteiger partial charge in [-0.3, -0.25) is 14.6 Å². The number of nitrogens with zero attached hydrogens (tertiary/aromatic N) is 4. The van der Waals surface area contributed by atoms with E-state index >= 15 is 0 Å². The fourth-order valence-corrected chi connectivity index (χ4v) is 3.60. The van der Waals surface area contributed by atoms with E-state index in [9.17, 15) is 18.4 Å². The Labute approximate surface area is 218 Å². The Hall–Kier alpha value is -4.39. The number of piperidine rings is 1. The van der Waals surface area contributed by atoms with Crippen molar-refractivity contribution in [2.75, 3.05) is 30.8 Å². The summed E-state index contributed by atoms with van der Waals surface area (Å²) in [6.45, 7) is 6.85. The third kappa shape index (κ3) is 7.09. The Morgan fingerprint density at radius 1 is 1.24 bits per heavy atom. The first-order chi connectivity index (χ1) is 18.1. The van der Waals surface area contributed by atoms with Crippen molar-refractivity contribution in [2.45, 2.75) is 32.2 Å². The second-order valence-corrected chi connectivity index (χ2v) is 8.51. The summed E-state index contributed by atoms with van der Waals surface area (Å²) < 4.78 is 34.3. The molecule has 1 aliphatic heterocycles. The number of hydrogen-bond acceptors (Lipinski definition) is 9. The van der Waals surface area contributed by atoms with Crippen molar-refractivity contribution in [1.29, 1.82) is 0 Å². The van der Waals surface area contributed by atoms with Crippen LogP contribution in [0.1, 0.15) is 35.9 Å². The van der Waals surface area contributed by atoms with Crippen LogP contribution in [-0.4, -0.2) is 59.1 Å². The first-order valence-corrected chi connectivity index (χ1v) is 11.9. The topological polar surface area (TPSA) is 161 Å². The molecule has 0 aliphatic carbocycles. The van der Waals surface area contributed by atoms with E-state index in [1.165, 1.54) is 12.4 Å². The number of primary amides is 1. The zero-order valence-electron chi connectivity index (χ0n) is 21.1. The number of nitrogens with two attached hydrogens (primary N) is 2. The number of likely N-dealkylation sites (tertiary alicyclic amines) is 1. The number of nitrogens with one attached hydrogen (secondary N) is 2. The molecule has 1 aromatic heterocycles. The van der Waals surface area contributed by atoms with Gasteiger partial charge in [-0.05, 0) is 45.5 Å². The van der Waals surface area contributed by atoms with Gasteiger partial charge in [0.25, 0.3) is 5.91 Å². The Balaban J connectivity index is 1.93. The van der Waals surface area contributed by atoms with Gasteiger partial charge in [0.05, 0.1) is 17.4 Å². The van der Waals surface area contributed by atoms with E-state index in [1.807, 2.05) is 7.05 Å². The Kier molecular flexibility index (Phi) is 9.44. The fourth-order valence-electron chi connectivity index (χ4n) is 3.60. The molecule has 202 valence electrons. The van der Waals surface area contributed by atoms with Gasteiger partial charge in [0.2, 0.25) is 11.8 Å². The minimum absolute atomic E-state index is 0.0982. The van der Waals surface area contributed by atoms with Gasteiger partial charge in [0, 0.05) is 24.5 Å². The lowest BCUT2D eigenvalue weighted by Gasteiger charge is -2.26. The number of aliphatic imine (C=N–C) groups is 1. The largest absolute Gasteiger partial charge is 0.434 e. The highest BCUT2D eigenvalue weighted by molar-refractivity contribution is 5.99. The first-order valence-electron chi connectivity index (χ1n) is 11.9. The molecule has 13 heteroatoms. The number of amides is 2. The summed E-state index contributed by atoms with van der Waals surface area (Å²) in [5.74, 6) is -4.34. The van der Waals surface area contributed by atoms with Gasteiger partial charge >= 0.3 is 0 Å². The molecule has 2 heterocycles. The van der Waals surface area contributed by atoms with Gasteiger partial charge < -0.3 is 31.7 Å². The number of carbonyl (C=O) groups is 2. The van der Waals surface area contributed by atoms with Crippen LogP contribution in [0.4, 0.5) is 20.3 Å². The smallest absolute Gasteiger partial charge is 0.271 e. The zero-order valence-corrected chi connectivity index (χ0v) is 21.1. The van der Waals surface area contributed by atoms with Crippen LogP contribution in [0.5, 0.6) is 11.6 Å². The summed E-state index contributed by atoms with van der Waals surface area (Å²) in [6, 6.07) is 1.63. The summed E-state index contributed by atoms with van der Waals surface area (Å²) in [6.07, 6.45) is 5.72. The molecule has 0 radical (unpaired) electrons. The first kappa shape index (κ1) is 28.2. The van der Waals surface area contributed by atoms with E-state index in [0.717, 1.165) is 38.1 Å². The molecule has 1 fully saturated rings. The normalized spacial score (nSPS) is 14.9. The third-order valence-corrected chi connectivity index (χ3v) is 5.73. The van der Waals surface area contributed by atoms with Crippen molar-refractivity contribution in [3.8, 4) is 11.6 Å². The molecule has 2 amide bonds. The maximum atomic E-state index is 14.6. The highest BCUT2D eigenvalue weighted by Gasteiger charge is 2.21. The van der Waals surface area contributed by atoms with Crippen LogP contribution in [0.15, 0.2) is 41.7 Å². The molecule has 1 aliphatic rings. The molecule has 0 bridgehead atoms. The van der Waals surface area contributed by atoms with Gasteiger partial charge in [-0.2, -0.15) is 4.98 Å². The molecule has 3 rings (SSSR count). The van der Waals surface area contributed by atoms with Crippen LogP contribution in [0.3, 0.4) is 0 Å². The number of rotatable bonds is 10. The molecule has 11 nitrogen and oxygen atoms in total. The maximum Gasteiger partial charge on any atom is 0.271 e. The second-order valence-electron chi connectivity index (χ2n) is 8.51. The molecule has 1 aromatic carbocycles. The molecule has 0 spiro atoms. The lowest BCUT2D eigenvalue weighted by molar-refractivity contribution is -0.111. The van der Waals surface area contributed by atoms with Gasteiger partial charge in [-0.15, -0.1) is 0 Å². The molecule has 6 N–H and O–H groups in total. The average Bonchev–Trinajstić information content (AvgIpc) is 2.89. The van der Waals surface area contributed by atoms with Crippen molar-refractivity contribution >= 4 is 29.5 Å². The summed E-state index contributed by atoms with van der Waals surface area (Å²) in [4.78, 5) is 39.0. The molecule has 38 heavy (non-hydrogen) atoms. The van der Waals surface area contributed by atoms with E-state index in [2.05, 4.69) is 37.1 Å². The average molecular weight is 529 g/mol. The molecule has 1 saturated heterocycles. The Bertz CT molecular complexity index is 1270.